The predicted molar refractivity (Wildman–Crippen MR) is 61.5 cm³/mol. The zero-order valence-corrected chi connectivity index (χ0v) is 9.74. The van der Waals surface area contributed by atoms with Gasteiger partial charge in [-0.15, -0.1) is 0 Å². The second-order valence-electron chi connectivity index (χ2n) is 2.68. The van der Waals surface area contributed by atoms with Gasteiger partial charge in [-0.3, -0.25) is 0 Å². The minimum absolute atomic E-state index is 0.768. The average Bonchev–Trinajstić information content (AvgIpc) is 2.13. The molecule has 0 aliphatic heterocycles. The summed E-state index contributed by atoms with van der Waals surface area (Å²) in [4.78, 5) is 0. The molecule has 0 N–H and O–H groups in total. The smallest absolute Gasteiger partial charge is 0.0591 e. The summed E-state index contributed by atoms with van der Waals surface area (Å²) in [5.74, 6) is 6.08. The van der Waals surface area contributed by atoms with Crippen LogP contribution < -0.4 is 0 Å². The summed E-state index contributed by atoms with van der Waals surface area (Å²) in [6.45, 7) is 1.98. The number of rotatable bonds is 1. The van der Waals surface area contributed by atoms with Crippen LogP contribution in [0.2, 0.25) is 5.02 Å². The normalized spacial score (nSPS) is 9.15. The zero-order chi connectivity index (χ0) is 9.68. The Morgan fingerprint density at radius 1 is 1.46 bits per heavy atom. The summed E-state index contributed by atoms with van der Waals surface area (Å²) in [5, 5.41) is 1.67. The Morgan fingerprint density at radius 3 is 2.92 bits per heavy atom. The number of halogens is 2. The first-order chi connectivity index (χ1) is 6.25. The van der Waals surface area contributed by atoms with Crippen LogP contribution in [0.15, 0.2) is 18.2 Å². The number of benzene rings is 1. The lowest BCUT2D eigenvalue weighted by molar-refractivity contribution is 1.32. The molecule has 0 aliphatic carbocycles. The first-order valence-electron chi connectivity index (χ1n) is 4.05. The fourth-order valence-electron chi connectivity index (χ4n) is 0.949. The molecule has 13 heavy (non-hydrogen) atoms. The van der Waals surface area contributed by atoms with Gasteiger partial charge in [0.15, 0.2) is 0 Å². The topological polar surface area (TPSA) is 0 Å². The molecule has 0 unspecified atom stereocenters. The van der Waals surface area contributed by atoms with E-state index in [1.54, 1.807) is 0 Å². The predicted octanol–water partition coefficient (Wildman–Crippen LogP) is 3.78. The zero-order valence-electron chi connectivity index (χ0n) is 7.40. The maximum atomic E-state index is 6.06. The summed E-state index contributed by atoms with van der Waals surface area (Å²) in [6.07, 6.45) is 0.851. The molecule has 0 aliphatic rings. The van der Waals surface area contributed by atoms with Crippen molar-refractivity contribution < 1.29 is 0 Å². The first-order valence-corrected chi connectivity index (χ1v) is 5.55. The Hall–Kier alpha value is -0.450. The minimum atomic E-state index is 0.768. The Labute approximate surface area is 92.4 Å². The van der Waals surface area contributed by atoms with Gasteiger partial charge in [0.1, 0.15) is 0 Å². The number of hydrogen-bond donors (Lipinski definition) is 0. The molecule has 0 saturated carbocycles. The highest BCUT2D eigenvalue weighted by molar-refractivity contribution is 9.09. The second kappa shape index (κ2) is 5.32. The Bertz CT molecular complexity index is 347. The molecule has 0 fully saturated rings. The van der Waals surface area contributed by atoms with E-state index < -0.39 is 0 Å². The van der Waals surface area contributed by atoms with Crippen LogP contribution in [0.5, 0.6) is 0 Å². The SMILES string of the molecule is Cc1cccc(C#CCCBr)c1Cl. The van der Waals surface area contributed by atoms with Gasteiger partial charge in [0.05, 0.1) is 5.02 Å². The van der Waals surface area contributed by atoms with Crippen molar-refractivity contribution in [2.24, 2.45) is 0 Å². The van der Waals surface area contributed by atoms with E-state index >= 15 is 0 Å². The summed E-state index contributed by atoms with van der Waals surface area (Å²) >= 11 is 9.38. The molecule has 0 nitrogen and oxygen atoms in total. The van der Waals surface area contributed by atoms with E-state index in [0.29, 0.717) is 0 Å². The van der Waals surface area contributed by atoms with Crippen molar-refractivity contribution in [3.05, 3.63) is 34.3 Å². The van der Waals surface area contributed by atoms with Gasteiger partial charge in [0.2, 0.25) is 0 Å². The lowest BCUT2D eigenvalue weighted by Crippen LogP contribution is -1.81. The Balaban J connectivity index is 2.91. The van der Waals surface area contributed by atoms with E-state index in [9.17, 15) is 0 Å². The molecule has 1 aromatic carbocycles. The third-order valence-corrected chi connectivity index (χ3v) is 2.53. The van der Waals surface area contributed by atoms with E-state index in [2.05, 4.69) is 27.8 Å². The van der Waals surface area contributed by atoms with Crippen LogP contribution in [0.1, 0.15) is 17.5 Å². The highest BCUT2D eigenvalue weighted by Gasteiger charge is 1.98. The average molecular weight is 258 g/mol. The van der Waals surface area contributed by atoms with Gasteiger partial charge in [0, 0.05) is 17.3 Å². The van der Waals surface area contributed by atoms with E-state index in [1.165, 1.54) is 0 Å². The van der Waals surface area contributed by atoms with Gasteiger partial charge in [0.25, 0.3) is 0 Å². The quantitative estimate of drug-likeness (QED) is 0.530. The number of alkyl halides is 1. The van der Waals surface area contributed by atoms with Crippen molar-refractivity contribution in [2.45, 2.75) is 13.3 Å². The van der Waals surface area contributed by atoms with Crippen molar-refractivity contribution in [2.75, 3.05) is 5.33 Å². The van der Waals surface area contributed by atoms with Crippen LogP contribution in [0.4, 0.5) is 0 Å². The van der Waals surface area contributed by atoms with Crippen molar-refractivity contribution in [3.63, 3.8) is 0 Å². The molecule has 0 heterocycles. The third-order valence-electron chi connectivity index (χ3n) is 1.63. The van der Waals surface area contributed by atoms with E-state index in [0.717, 1.165) is 27.9 Å². The summed E-state index contributed by atoms with van der Waals surface area (Å²) < 4.78 is 0. The highest BCUT2D eigenvalue weighted by Crippen LogP contribution is 2.18. The molecule has 0 amide bonds. The monoisotopic (exact) mass is 256 g/mol. The number of hydrogen-bond acceptors (Lipinski definition) is 0. The molecule has 0 atom stereocenters. The van der Waals surface area contributed by atoms with Gasteiger partial charge in [-0.05, 0) is 18.6 Å². The van der Waals surface area contributed by atoms with Crippen LogP contribution in [-0.2, 0) is 0 Å². The molecule has 2 heteroatoms. The maximum Gasteiger partial charge on any atom is 0.0591 e. The van der Waals surface area contributed by atoms with Crippen LogP contribution in [0, 0.1) is 18.8 Å². The van der Waals surface area contributed by atoms with Crippen LogP contribution >= 0.6 is 27.5 Å². The van der Waals surface area contributed by atoms with Crippen LogP contribution in [0.25, 0.3) is 0 Å². The second-order valence-corrected chi connectivity index (χ2v) is 3.85. The molecular weight excluding hydrogens is 247 g/mol. The van der Waals surface area contributed by atoms with Crippen molar-refractivity contribution in [1.82, 2.24) is 0 Å². The summed E-state index contributed by atoms with van der Waals surface area (Å²) in [6, 6.07) is 5.90. The fourth-order valence-corrected chi connectivity index (χ4v) is 1.32. The molecule has 0 aromatic heterocycles. The minimum Gasteiger partial charge on any atom is -0.0970 e. The van der Waals surface area contributed by atoms with Gasteiger partial charge in [-0.1, -0.05) is 51.5 Å². The molecule has 0 spiro atoms. The lowest BCUT2D eigenvalue weighted by atomic mass is 10.1. The largest absolute Gasteiger partial charge is 0.0970 e. The maximum absolute atomic E-state index is 6.06. The van der Waals surface area contributed by atoms with Crippen LogP contribution in [-0.4, -0.2) is 5.33 Å². The lowest BCUT2D eigenvalue weighted by Gasteiger charge is -1.98. The van der Waals surface area contributed by atoms with Gasteiger partial charge in [-0.25, -0.2) is 0 Å². The third kappa shape index (κ3) is 3.06. The Kier molecular flexibility index (Phi) is 4.35. The van der Waals surface area contributed by atoms with Gasteiger partial charge >= 0.3 is 0 Å². The fraction of sp³-hybridized carbons (Fsp3) is 0.273. The molecule has 0 bridgehead atoms. The van der Waals surface area contributed by atoms with E-state index in [4.69, 9.17) is 11.6 Å². The summed E-state index contributed by atoms with van der Waals surface area (Å²) in [7, 11) is 0. The van der Waals surface area contributed by atoms with Gasteiger partial charge < -0.3 is 0 Å². The molecule has 1 rings (SSSR count). The molecule has 0 saturated heterocycles. The molecule has 68 valence electrons. The molecule has 1 aromatic rings. The standard InChI is InChI=1S/C11H10BrCl/c1-9-5-4-7-10(11(9)13)6-2-3-8-12/h4-5,7H,3,8H2,1H3. The van der Waals surface area contributed by atoms with Crippen molar-refractivity contribution in [1.29, 1.82) is 0 Å². The first kappa shape index (κ1) is 10.6. The van der Waals surface area contributed by atoms with Crippen molar-refractivity contribution in [3.8, 4) is 11.8 Å². The summed E-state index contributed by atoms with van der Waals surface area (Å²) in [5.41, 5.74) is 2.00. The van der Waals surface area contributed by atoms with E-state index in [1.807, 2.05) is 25.1 Å². The molecule has 0 radical (unpaired) electrons. The molecular formula is C11H10BrCl. The Morgan fingerprint density at radius 2 is 2.23 bits per heavy atom. The van der Waals surface area contributed by atoms with E-state index in [-0.39, 0.29) is 0 Å². The highest BCUT2D eigenvalue weighted by atomic mass is 79.9. The number of aryl methyl sites for hydroxylation is 1. The van der Waals surface area contributed by atoms with Gasteiger partial charge in [-0.2, -0.15) is 0 Å². The van der Waals surface area contributed by atoms with Crippen molar-refractivity contribution >= 4 is 27.5 Å². The van der Waals surface area contributed by atoms with Crippen LogP contribution in [0.3, 0.4) is 0 Å².